The van der Waals surface area contributed by atoms with Crippen molar-refractivity contribution < 1.29 is 17.9 Å². The van der Waals surface area contributed by atoms with Gasteiger partial charge in [0.15, 0.2) is 0 Å². The second-order valence-corrected chi connectivity index (χ2v) is 6.87. The maximum absolute atomic E-state index is 11.9. The minimum Gasteiger partial charge on any atom is -0.494 e. The average Bonchev–Trinajstić information content (AvgIpc) is 2.48. The van der Waals surface area contributed by atoms with Crippen LogP contribution in [-0.4, -0.2) is 40.3 Å². The maximum atomic E-state index is 11.9. The fourth-order valence-corrected chi connectivity index (χ4v) is 2.64. The van der Waals surface area contributed by atoms with Gasteiger partial charge in [0.05, 0.1) is 18.6 Å². The molecule has 7 heteroatoms. The molecule has 1 aromatic rings. The Morgan fingerprint density at radius 3 is 2.32 bits per heavy atom. The SMILES string of the molecule is CCCNC(=O)CN(c1ccc(OCCC)cc1)S(C)(=O)=O. The molecule has 22 heavy (non-hydrogen) atoms. The summed E-state index contributed by atoms with van der Waals surface area (Å²) >= 11 is 0. The average molecular weight is 328 g/mol. The predicted octanol–water partition coefficient (Wildman–Crippen LogP) is 1.77. The van der Waals surface area contributed by atoms with E-state index in [0.29, 0.717) is 24.6 Å². The lowest BCUT2D eigenvalue weighted by Gasteiger charge is -2.22. The number of carbonyl (C=O) groups is 1. The van der Waals surface area contributed by atoms with Crippen LogP contribution in [0.25, 0.3) is 0 Å². The van der Waals surface area contributed by atoms with Gasteiger partial charge in [-0.05, 0) is 37.1 Å². The molecule has 0 spiro atoms. The summed E-state index contributed by atoms with van der Waals surface area (Å²) in [5.74, 6) is 0.355. The zero-order valence-corrected chi connectivity index (χ0v) is 14.1. The van der Waals surface area contributed by atoms with Gasteiger partial charge in [-0.1, -0.05) is 13.8 Å². The quantitative estimate of drug-likeness (QED) is 0.749. The first-order valence-corrected chi connectivity index (χ1v) is 9.20. The standard InChI is InChI=1S/C15H24N2O4S/c1-4-10-16-15(18)12-17(22(3,19)20)13-6-8-14(9-7-13)21-11-5-2/h6-9H,4-5,10-12H2,1-3H3,(H,16,18). The molecule has 1 aromatic carbocycles. The van der Waals surface area contributed by atoms with E-state index < -0.39 is 10.0 Å². The highest BCUT2D eigenvalue weighted by atomic mass is 32.2. The summed E-state index contributed by atoms with van der Waals surface area (Å²) < 4.78 is 30.4. The summed E-state index contributed by atoms with van der Waals surface area (Å²) in [6, 6.07) is 6.68. The van der Waals surface area contributed by atoms with Gasteiger partial charge in [0.25, 0.3) is 0 Å². The van der Waals surface area contributed by atoms with Gasteiger partial charge in [0.2, 0.25) is 15.9 Å². The topological polar surface area (TPSA) is 75.7 Å². The van der Waals surface area contributed by atoms with E-state index in [9.17, 15) is 13.2 Å². The normalized spacial score (nSPS) is 11.0. The Morgan fingerprint density at radius 1 is 1.18 bits per heavy atom. The van der Waals surface area contributed by atoms with Crippen LogP contribution in [-0.2, 0) is 14.8 Å². The molecular formula is C15H24N2O4S. The number of rotatable bonds is 9. The van der Waals surface area contributed by atoms with E-state index in [2.05, 4.69) is 5.32 Å². The molecule has 0 saturated carbocycles. The van der Waals surface area contributed by atoms with Crippen molar-refractivity contribution in [3.05, 3.63) is 24.3 Å². The monoisotopic (exact) mass is 328 g/mol. The lowest BCUT2D eigenvalue weighted by atomic mass is 10.3. The van der Waals surface area contributed by atoms with E-state index in [-0.39, 0.29) is 12.5 Å². The number of ether oxygens (including phenoxy) is 1. The lowest BCUT2D eigenvalue weighted by molar-refractivity contribution is -0.119. The number of amides is 1. The van der Waals surface area contributed by atoms with Crippen LogP contribution in [0, 0.1) is 0 Å². The number of carbonyl (C=O) groups excluding carboxylic acids is 1. The van der Waals surface area contributed by atoms with E-state index in [1.165, 1.54) is 0 Å². The highest BCUT2D eigenvalue weighted by Gasteiger charge is 2.20. The van der Waals surface area contributed by atoms with Gasteiger partial charge >= 0.3 is 0 Å². The Kier molecular flexibility index (Phi) is 7.17. The van der Waals surface area contributed by atoms with Crippen LogP contribution >= 0.6 is 0 Å². The van der Waals surface area contributed by atoms with E-state index in [0.717, 1.165) is 23.4 Å². The first-order valence-electron chi connectivity index (χ1n) is 7.35. The molecule has 0 aliphatic carbocycles. The molecule has 0 aliphatic heterocycles. The van der Waals surface area contributed by atoms with Gasteiger partial charge in [-0.25, -0.2) is 8.42 Å². The first kappa shape index (κ1) is 18.3. The number of anilines is 1. The van der Waals surface area contributed by atoms with Crippen LogP contribution in [0.15, 0.2) is 24.3 Å². The number of nitrogens with zero attached hydrogens (tertiary/aromatic N) is 1. The number of sulfonamides is 1. The smallest absolute Gasteiger partial charge is 0.240 e. The molecule has 6 nitrogen and oxygen atoms in total. The van der Waals surface area contributed by atoms with Gasteiger partial charge in [0, 0.05) is 6.54 Å². The van der Waals surface area contributed by atoms with Crippen molar-refractivity contribution in [3.8, 4) is 5.75 Å². The van der Waals surface area contributed by atoms with Crippen molar-refractivity contribution in [2.24, 2.45) is 0 Å². The summed E-state index contributed by atoms with van der Waals surface area (Å²) in [5, 5.41) is 2.67. The lowest BCUT2D eigenvalue weighted by Crippen LogP contribution is -2.40. The number of hydrogen-bond acceptors (Lipinski definition) is 4. The zero-order valence-electron chi connectivity index (χ0n) is 13.3. The molecule has 0 saturated heterocycles. The largest absolute Gasteiger partial charge is 0.494 e. The van der Waals surface area contributed by atoms with E-state index >= 15 is 0 Å². The third kappa shape index (κ3) is 5.93. The van der Waals surface area contributed by atoms with Gasteiger partial charge in [-0.2, -0.15) is 0 Å². The van der Waals surface area contributed by atoms with Crippen molar-refractivity contribution in [2.75, 3.05) is 30.3 Å². The number of nitrogens with one attached hydrogen (secondary N) is 1. The molecule has 1 amide bonds. The molecule has 0 heterocycles. The summed E-state index contributed by atoms with van der Waals surface area (Å²) in [5.41, 5.74) is 0.443. The summed E-state index contributed by atoms with van der Waals surface area (Å²) in [4.78, 5) is 11.8. The van der Waals surface area contributed by atoms with Crippen LogP contribution in [0.2, 0.25) is 0 Å². The van der Waals surface area contributed by atoms with Crippen LogP contribution in [0.4, 0.5) is 5.69 Å². The molecule has 124 valence electrons. The van der Waals surface area contributed by atoms with Crippen molar-refractivity contribution >= 4 is 21.6 Å². The van der Waals surface area contributed by atoms with Crippen LogP contribution in [0.5, 0.6) is 5.75 Å². The highest BCUT2D eigenvalue weighted by molar-refractivity contribution is 7.92. The summed E-state index contributed by atoms with van der Waals surface area (Å²) in [7, 11) is -3.54. The maximum Gasteiger partial charge on any atom is 0.240 e. The molecule has 0 radical (unpaired) electrons. The molecule has 0 aliphatic rings. The Balaban J connectivity index is 2.86. The van der Waals surface area contributed by atoms with E-state index in [1.54, 1.807) is 24.3 Å². The fourth-order valence-electron chi connectivity index (χ4n) is 1.78. The predicted molar refractivity (Wildman–Crippen MR) is 87.7 cm³/mol. The molecule has 0 bridgehead atoms. The Morgan fingerprint density at radius 2 is 1.82 bits per heavy atom. The second-order valence-electron chi connectivity index (χ2n) is 4.96. The van der Waals surface area contributed by atoms with Gasteiger partial charge in [-0.15, -0.1) is 0 Å². The number of hydrogen-bond donors (Lipinski definition) is 1. The summed E-state index contributed by atoms with van der Waals surface area (Å²) in [6.07, 6.45) is 2.78. The molecular weight excluding hydrogens is 304 g/mol. The Labute approximate surface area is 132 Å². The first-order chi connectivity index (χ1) is 10.4. The van der Waals surface area contributed by atoms with Crippen molar-refractivity contribution in [3.63, 3.8) is 0 Å². The zero-order chi connectivity index (χ0) is 16.6. The van der Waals surface area contributed by atoms with Gasteiger partial charge in [0.1, 0.15) is 12.3 Å². The van der Waals surface area contributed by atoms with Gasteiger partial charge in [-0.3, -0.25) is 9.10 Å². The molecule has 0 atom stereocenters. The van der Waals surface area contributed by atoms with Crippen molar-refractivity contribution in [1.29, 1.82) is 0 Å². The van der Waals surface area contributed by atoms with Gasteiger partial charge < -0.3 is 10.1 Å². The Bertz CT molecular complexity index is 570. The number of benzene rings is 1. The Hall–Kier alpha value is -1.76. The third-order valence-electron chi connectivity index (χ3n) is 2.86. The van der Waals surface area contributed by atoms with Crippen LogP contribution < -0.4 is 14.4 Å². The van der Waals surface area contributed by atoms with Crippen molar-refractivity contribution in [2.45, 2.75) is 26.7 Å². The fraction of sp³-hybridized carbons (Fsp3) is 0.533. The minimum absolute atomic E-state index is 0.228. The molecule has 1 N–H and O–H groups in total. The highest BCUT2D eigenvalue weighted by Crippen LogP contribution is 2.21. The van der Waals surface area contributed by atoms with Crippen LogP contribution in [0.3, 0.4) is 0 Å². The molecule has 0 aromatic heterocycles. The van der Waals surface area contributed by atoms with E-state index in [4.69, 9.17) is 4.74 Å². The molecule has 0 fully saturated rings. The molecule has 1 rings (SSSR count). The summed E-state index contributed by atoms with van der Waals surface area (Å²) in [6.45, 7) is 4.85. The van der Waals surface area contributed by atoms with Crippen molar-refractivity contribution in [1.82, 2.24) is 5.32 Å². The van der Waals surface area contributed by atoms with Crippen LogP contribution in [0.1, 0.15) is 26.7 Å². The minimum atomic E-state index is -3.54. The van der Waals surface area contributed by atoms with E-state index in [1.807, 2.05) is 13.8 Å². The molecule has 0 unspecified atom stereocenters. The second kappa shape index (κ2) is 8.63. The third-order valence-corrected chi connectivity index (χ3v) is 4.00.